The van der Waals surface area contributed by atoms with Crippen molar-refractivity contribution in [2.24, 2.45) is 11.8 Å². The Kier molecular flexibility index (Phi) is 9.07. The fourth-order valence-electron chi connectivity index (χ4n) is 2.31. The van der Waals surface area contributed by atoms with Crippen molar-refractivity contribution in [3.8, 4) is 0 Å². The maximum Gasteiger partial charge on any atom is 0.332 e. The van der Waals surface area contributed by atoms with Crippen LogP contribution in [-0.2, 0) is 19.2 Å². The van der Waals surface area contributed by atoms with Gasteiger partial charge in [0, 0.05) is 31.3 Å². The van der Waals surface area contributed by atoms with Crippen molar-refractivity contribution in [1.29, 1.82) is 0 Å². The fraction of sp³-hybridized carbons (Fsp3) is 0.647. The number of rotatable bonds is 11. The van der Waals surface area contributed by atoms with Crippen molar-refractivity contribution in [2.75, 3.05) is 0 Å². The Hall–Kier alpha value is -1.98. The second-order valence-corrected chi connectivity index (χ2v) is 6.58. The number of Topliss-reactive ketones (excluding diaryl/α,β-unsaturated/α-hetero) is 2. The summed E-state index contributed by atoms with van der Waals surface area (Å²) in [6, 6.07) is 0. The van der Waals surface area contributed by atoms with E-state index in [1.165, 1.54) is 0 Å². The van der Waals surface area contributed by atoms with Crippen LogP contribution >= 0.6 is 0 Å². The highest BCUT2D eigenvalue weighted by Gasteiger charge is 2.22. The summed E-state index contributed by atoms with van der Waals surface area (Å²) in [6.45, 7) is 7.45. The van der Waals surface area contributed by atoms with Gasteiger partial charge in [0.05, 0.1) is 6.42 Å². The number of aliphatic carboxylic acids is 2. The average molecular weight is 326 g/mol. The molecule has 0 heterocycles. The summed E-state index contributed by atoms with van der Waals surface area (Å²) in [6.07, 6.45) is -0.536. The summed E-state index contributed by atoms with van der Waals surface area (Å²) < 4.78 is 0. The summed E-state index contributed by atoms with van der Waals surface area (Å²) in [5.41, 5.74) is -0.233. The summed E-state index contributed by atoms with van der Waals surface area (Å²) in [7, 11) is 0. The van der Waals surface area contributed by atoms with Gasteiger partial charge in [0.15, 0.2) is 0 Å². The molecule has 0 radical (unpaired) electrons. The van der Waals surface area contributed by atoms with Crippen LogP contribution in [0.2, 0.25) is 0 Å². The van der Waals surface area contributed by atoms with Crippen molar-refractivity contribution < 1.29 is 29.4 Å². The Bertz CT molecular complexity index is 473. The first-order chi connectivity index (χ1) is 10.5. The largest absolute Gasteiger partial charge is 0.481 e. The van der Waals surface area contributed by atoms with Gasteiger partial charge in [-0.25, -0.2) is 4.79 Å². The number of allylic oxidation sites excluding steroid dienone is 1. The van der Waals surface area contributed by atoms with E-state index in [1.807, 2.05) is 27.7 Å². The van der Waals surface area contributed by atoms with Gasteiger partial charge >= 0.3 is 11.9 Å². The van der Waals surface area contributed by atoms with Gasteiger partial charge in [-0.1, -0.05) is 27.7 Å². The van der Waals surface area contributed by atoms with E-state index in [9.17, 15) is 24.3 Å². The topological polar surface area (TPSA) is 109 Å². The highest BCUT2D eigenvalue weighted by Crippen LogP contribution is 2.21. The molecule has 0 saturated heterocycles. The van der Waals surface area contributed by atoms with E-state index in [0.717, 1.165) is 0 Å². The maximum absolute atomic E-state index is 12.0. The third-order valence-corrected chi connectivity index (χ3v) is 3.11. The number of ketones is 2. The average Bonchev–Trinajstić information content (AvgIpc) is 2.32. The number of hydrogen-bond acceptors (Lipinski definition) is 4. The molecule has 6 nitrogen and oxygen atoms in total. The van der Waals surface area contributed by atoms with Gasteiger partial charge in [0.2, 0.25) is 0 Å². The van der Waals surface area contributed by atoms with Crippen molar-refractivity contribution in [3.63, 3.8) is 0 Å². The van der Waals surface area contributed by atoms with E-state index in [2.05, 4.69) is 0 Å². The van der Waals surface area contributed by atoms with Gasteiger partial charge in [-0.3, -0.25) is 14.4 Å². The van der Waals surface area contributed by atoms with E-state index < -0.39 is 18.4 Å². The Labute approximate surface area is 136 Å². The van der Waals surface area contributed by atoms with E-state index >= 15 is 0 Å². The predicted octanol–water partition coefficient (Wildman–Crippen LogP) is 2.85. The van der Waals surface area contributed by atoms with Crippen molar-refractivity contribution >= 4 is 23.5 Å². The first-order valence-corrected chi connectivity index (χ1v) is 7.72. The fourth-order valence-corrected chi connectivity index (χ4v) is 2.31. The number of carboxylic acids is 2. The van der Waals surface area contributed by atoms with Gasteiger partial charge in [-0.05, 0) is 17.4 Å². The zero-order chi connectivity index (χ0) is 18.2. The molecular formula is C17H26O6. The third-order valence-electron chi connectivity index (χ3n) is 3.11. The second-order valence-electron chi connectivity index (χ2n) is 6.58. The number of carbonyl (C=O) groups is 4. The first kappa shape index (κ1) is 21.0. The lowest BCUT2D eigenvalue weighted by Gasteiger charge is -2.12. The smallest absolute Gasteiger partial charge is 0.332 e. The standard InChI is InChI=1S/C17H26O6/c1-10(2)5-13(18)7-12(8-14(19)6-11(3)4)15(17(22)23)9-16(20)21/h10-11H,5-9H2,1-4H3,(H,20,21)(H,22,23). The quantitative estimate of drug-likeness (QED) is 0.565. The van der Waals surface area contributed by atoms with Crippen LogP contribution in [0.5, 0.6) is 0 Å². The number of hydrogen-bond donors (Lipinski definition) is 2. The molecule has 0 aromatic rings. The second kappa shape index (κ2) is 9.92. The molecule has 0 rings (SSSR count). The van der Waals surface area contributed by atoms with Crippen molar-refractivity contribution in [1.82, 2.24) is 0 Å². The molecule has 0 bridgehead atoms. The van der Waals surface area contributed by atoms with Crippen LogP contribution in [0.1, 0.15) is 59.8 Å². The van der Waals surface area contributed by atoms with E-state index in [4.69, 9.17) is 5.11 Å². The maximum atomic E-state index is 12.0. The van der Waals surface area contributed by atoms with Crippen LogP contribution in [-0.4, -0.2) is 33.7 Å². The predicted molar refractivity (Wildman–Crippen MR) is 85.1 cm³/mol. The summed E-state index contributed by atoms with van der Waals surface area (Å²) in [4.78, 5) is 46.2. The molecule has 6 heteroatoms. The van der Waals surface area contributed by atoms with E-state index in [0.29, 0.717) is 0 Å². The molecule has 0 aromatic heterocycles. The highest BCUT2D eigenvalue weighted by molar-refractivity contribution is 5.96. The normalized spacial score (nSPS) is 10.7. The van der Waals surface area contributed by atoms with Gasteiger partial charge in [-0.15, -0.1) is 0 Å². The number of carbonyl (C=O) groups excluding carboxylic acids is 2. The highest BCUT2D eigenvalue weighted by atomic mass is 16.4. The van der Waals surface area contributed by atoms with Crippen molar-refractivity contribution in [3.05, 3.63) is 11.1 Å². The van der Waals surface area contributed by atoms with Crippen LogP contribution in [0.4, 0.5) is 0 Å². The molecule has 0 aliphatic rings. The van der Waals surface area contributed by atoms with Gasteiger partial charge in [-0.2, -0.15) is 0 Å². The van der Waals surface area contributed by atoms with Crippen LogP contribution in [0.3, 0.4) is 0 Å². The lowest BCUT2D eigenvalue weighted by atomic mass is 9.91. The Balaban J connectivity index is 5.47. The van der Waals surface area contributed by atoms with Crippen LogP contribution in [0.25, 0.3) is 0 Å². The van der Waals surface area contributed by atoms with Crippen LogP contribution in [0, 0.1) is 11.8 Å². The molecule has 0 spiro atoms. The van der Waals surface area contributed by atoms with E-state index in [1.54, 1.807) is 0 Å². The minimum absolute atomic E-state index is 0.114. The molecular weight excluding hydrogens is 300 g/mol. The molecule has 0 amide bonds. The molecule has 0 fully saturated rings. The summed E-state index contributed by atoms with van der Waals surface area (Å²) in [5.74, 6) is -2.83. The number of carboxylic acid groups (broad SMARTS) is 2. The van der Waals surface area contributed by atoms with Gasteiger partial charge in [0.25, 0.3) is 0 Å². The lowest BCUT2D eigenvalue weighted by Crippen LogP contribution is -2.16. The third kappa shape index (κ3) is 9.60. The summed E-state index contributed by atoms with van der Waals surface area (Å²) >= 11 is 0. The lowest BCUT2D eigenvalue weighted by molar-refractivity contribution is -0.139. The minimum atomic E-state index is -1.39. The molecule has 2 N–H and O–H groups in total. The Morgan fingerprint density at radius 3 is 1.39 bits per heavy atom. The van der Waals surface area contributed by atoms with Crippen LogP contribution in [0.15, 0.2) is 11.1 Å². The molecule has 0 unspecified atom stereocenters. The zero-order valence-corrected chi connectivity index (χ0v) is 14.2. The molecule has 0 atom stereocenters. The molecule has 23 heavy (non-hydrogen) atoms. The molecule has 0 aromatic carbocycles. The molecule has 0 aliphatic carbocycles. The monoisotopic (exact) mass is 326 g/mol. The Morgan fingerprint density at radius 1 is 0.739 bits per heavy atom. The summed E-state index contributed by atoms with van der Waals surface area (Å²) in [5, 5.41) is 18.1. The zero-order valence-electron chi connectivity index (χ0n) is 14.2. The Morgan fingerprint density at radius 2 is 1.13 bits per heavy atom. The molecule has 130 valence electrons. The SMILES string of the molecule is CC(C)CC(=O)CC(CC(=O)CC(C)C)=C(CC(=O)O)C(=O)O. The van der Waals surface area contributed by atoms with Gasteiger partial charge in [0.1, 0.15) is 11.6 Å². The minimum Gasteiger partial charge on any atom is -0.481 e. The van der Waals surface area contributed by atoms with E-state index in [-0.39, 0.29) is 60.2 Å². The van der Waals surface area contributed by atoms with Crippen LogP contribution < -0.4 is 0 Å². The van der Waals surface area contributed by atoms with Crippen molar-refractivity contribution in [2.45, 2.75) is 59.8 Å². The first-order valence-electron chi connectivity index (χ1n) is 7.72. The van der Waals surface area contributed by atoms with Gasteiger partial charge < -0.3 is 10.2 Å². The molecule has 0 aliphatic heterocycles. The molecule has 0 saturated carbocycles.